The molecule has 0 aromatic heterocycles. The second-order valence-electron chi connectivity index (χ2n) is 6.61. The molecule has 3 atom stereocenters. The van der Waals surface area contributed by atoms with Gasteiger partial charge in [-0.15, -0.1) is 0 Å². The summed E-state index contributed by atoms with van der Waals surface area (Å²) >= 11 is 0. The predicted molar refractivity (Wildman–Crippen MR) is 82.2 cm³/mol. The molecule has 0 radical (unpaired) electrons. The zero-order chi connectivity index (χ0) is 14.0. The SMILES string of the molecule is Cc1ccc(C(N)CN2CC(C)CC(C)C2)cc1C. The normalized spacial score (nSPS) is 26.4. The molecule has 19 heavy (non-hydrogen) atoms. The number of piperidine rings is 1. The summed E-state index contributed by atoms with van der Waals surface area (Å²) in [6, 6.07) is 6.75. The maximum Gasteiger partial charge on any atom is 0.0424 e. The Morgan fingerprint density at radius 1 is 1.16 bits per heavy atom. The number of hydrogen-bond donors (Lipinski definition) is 1. The molecule has 2 rings (SSSR count). The Balaban J connectivity index is 2.00. The average Bonchev–Trinajstić information content (AvgIpc) is 2.31. The van der Waals surface area contributed by atoms with E-state index in [9.17, 15) is 0 Å². The fourth-order valence-electron chi connectivity index (χ4n) is 3.32. The highest BCUT2D eigenvalue weighted by molar-refractivity contribution is 5.31. The smallest absolute Gasteiger partial charge is 0.0424 e. The van der Waals surface area contributed by atoms with Gasteiger partial charge in [-0.05, 0) is 48.8 Å². The van der Waals surface area contributed by atoms with Gasteiger partial charge in [-0.1, -0.05) is 32.0 Å². The van der Waals surface area contributed by atoms with E-state index in [0.717, 1.165) is 18.4 Å². The Bertz CT molecular complexity index is 417. The van der Waals surface area contributed by atoms with Crippen LogP contribution >= 0.6 is 0 Å². The summed E-state index contributed by atoms with van der Waals surface area (Å²) in [7, 11) is 0. The number of hydrogen-bond acceptors (Lipinski definition) is 2. The lowest BCUT2D eigenvalue weighted by molar-refractivity contribution is 0.134. The first-order valence-corrected chi connectivity index (χ1v) is 7.50. The van der Waals surface area contributed by atoms with Gasteiger partial charge in [0.1, 0.15) is 0 Å². The van der Waals surface area contributed by atoms with Crippen molar-refractivity contribution >= 4 is 0 Å². The third-order valence-corrected chi connectivity index (χ3v) is 4.36. The molecule has 0 amide bonds. The molecule has 1 aliphatic heterocycles. The lowest BCUT2D eigenvalue weighted by atomic mass is 9.91. The molecule has 1 heterocycles. The Hall–Kier alpha value is -0.860. The number of benzene rings is 1. The maximum absolute atomic E-state index is 6.39. The summed E-state index contributed by atoms with van der Waals surface area (Å²) in [6.07, 6.45) is 1.36. The van der Waals surface area contributed by atoms with E-state index < -0.39 is 0 Å². The molecule has 2 nitrogen and oxygen atoms in total. The maximum atomic E-state index is 6.39. The number of nitrogens with zero attached hydrogens (tertiary/aromatic N) is 1. The molecule has 1 aromatic rings. The summed E-state index contributed by atoms with van der Waals surface area (Å²) in [4.78, 5) is 2.54. The summed E-state index contributed by atoms with van der Waals surface area (Å²) in [5.74, 6) is 1.60. The minimum absolute atomic E-state index is 0.136. The molecule has 2 heteroatoms. The standard InChI is InChI=1S/C17H28N2/c1-12-7-13(2)10-19(9-12)11-17(18)16-6-5-14(3)15(4)8-16/h5-6,8,12-13,17H,7,9-11,18H2,1-4H3. The van der Waals surface area contributed by atoms with Gasteiger partial charge >= 0.3 is 0 Å². The molecular weight excluding hydrogens is 232 g/mol. The van der Waals surface area contributed by atoms with E-state index in [-0.39, 0.29) is 6.04 Å². The van der Waals surface area contributed by atoms with E-state index in [4.69, 9.17) is 5.73 Å². The first kappa shape index (κ1) is 14.5. The fraction of sp³-hybridized carbons (Fsp3) is 0.647. The Labute approximate surface area is 118 Å². The summed E-state index contributed by atoms with van der Waals surface area (Å²) in [5, 5.41) is 0. The van der Waals surface area contributed by atoms with E-state index in [1.54, 1.807) is 0 Å². The van der Waals surface area contributed by atoms with Gasteiger partial charge in [-0.2, -0.15) is 0 Å². The van der Waals surface area contributed by atoms with Crippen molar-refractivity contribution < 1.29 is 0 Å². The zero-order valence-corrected chi connectivity index (χ0v) is 12.8. The van der Waals surface area contributed by atoms with Crippen LogP contribution in [-0.4, -0.2) is 24.5 Å². The topological polar surface area (TPSA) is 29.3 Å². The Morgan fingerprint density at radius 3 is 2.37 bits per heavy atom. The van der Waals surface area contributed by atoms with Crippen LogP contribution in [0.2, 0.25) is 0 Å². The molecule has 0 spiro atoms. The van der Waals surface area contributed by atoms with Crippen LogP contribution in [-0.2, 0) is 0 Å². The molecular formula is C17H28N2. The summed E-state index contributed by atoms with van der Waals surface area (Å²) < 4.78 is 0. The number of likely N-dealkylation sites (tertiary alicyclic amines) is 1. The van der Waals surface area contributed by atoms with Crippen LogP contribution in [0.3, 0.4) is 0 Å². The Kier molecular flexibility index (Phi) is 4.64. The van der Waals surface area contributed by atoms with Crippen LogP contribution in [0.1, 0.15) is 43.0 Å². The van der Waals surface area contributed by atoms with Crippen molar-refractivity contribution in [2.24, 2.45) is 17.6 Å². The van der Waals surface area contributed by atoms with E-state index in [1.807, 2.05) is 0 Å². The van der Waals surface area contributed by atoms with Gasteiger partial charge in [0, 0.05) is 25.7 Å². The first-order valence-electron chi connectivity index (χ1n) is 7.50. The summed E-state index contributed by atoms with van der Waals surface area (Å²) in [5.41, 5.74) is 10.4. The first-order chi connectivity index (χ1) is 8.95. The van der Waals surface area contributed by atoms with Crippen LogP contribution in [0, 0.1) is 25.7 Å². The van der Waals surface area contributed by atoms with E-state index in [2.05, 4.69) is 50.8 Å². The van der Waals surface area contributed by atoms with Crippen molar-refractivity contribution in [1.29, 1.82) is 0 Å². The zero-order valence-electron chi connectivity index (χ0n) is 12.8. The second-order valence-corrected chi connectivity index (χ2v) is 6.61. The molecule has 3 unspecified atom stereocenters. The van der Waals surface area contributed by atoms with Gasteiger partial charge in [0.15, 0.2) is 0 Å². The van der Waals surface area contributed by atoms with Crippen molar-refractivity contribution in [3.8, 4) is 0 Å². The molecule has 106 valence electrons. The molecule has 0 aliphatic carbocycles. The van der Waals surface area contributed by atoms with Crippen molar-refractivity contribution in [2.75, 3.05) is 19.6 Å². The van der Waals surface area contributed by atoms with E-state index >= 15 is 0 Å². The highest BCUT2D eigenvalue weighted by Crippen LogP contribution is 2.23. The van der Waals surface area contributed by atoms with Crippen LogP contribution in [0.4, 0.5) is 0 Å². The van der Waals surface area contributed by atoms with Crippen molar-refractivity contribution in [1.82, 2.24) is 4.90 Å². The summed E-state index contributed by atoms with van der Waals surface area (Å²) in [6.45, 7) is 12.4. The van der Waals surface area contributed by atoms with Gasteiger partial charge in [-0.25, -0.2) is 0 Å². The molecule has 1 fully saturated rings. The molecule has 0 bridgehead atoms. The van der Waals surface area contributed by atoms with Crippen molar-refractivity contribution in [2.45, 2.75) is 40.2 Å². The highest BCUT2D eigenvalue weighted by atomic mass is 15.1. The third-order valence-electron chi connectivity index (χ3n) is 4.36. The largest absolute Gasteiger partial charge is 0.323 e. The van der Waals surface area contributed by atoms with Crippen LogP contribution in [0.15, 0.2) is 18.2 Å². The lowest BCUT2D eigenvalue weighted by Crippen LogP contribution is -2.42. The van der Waals surface area contributed by atoms with Gasteiger partial charge in [0.05, 0.1) is 0 Å². The lowest BCUT2D eigenvalue weighted by Gasteiger charge is -2.36. The van der Waals surface area contributed by atoms with Crippen LogP contribution in [0.25, 0.3) is 0 Å². The predicted octanol–water partition coefficient (Wildman–Crippen LogP) is 3.28. The monoisotopic (exact) mass is 260 g/mol. The highest BCUT2D eigenvalue weighted by Gasteiger charge is 2.23. The van der Waals surface area contributed by atoms with Gasteiger partial charge < -0.3 is 10.6 Å². The van der Waals surface area contributed by atoms with Gasteiger partial charge in [0.25, 0.3) is 0 Å². The number of rotatable bonds is 3. The van der Waals surface area contributed by atoms with Gasteiger partial charge in [0.2, 0.25) is 0 Å². The molecule has 1 saturated heterocycles. The third kappa shape index (κ3) is 3.80. The quantitative estimate of drug-likeness (QED) is 0.903. The number of nitrogens with two attached hydrogens (primary N) is 1. The van der Waals surface area contributed by atoms with Crippen LogP contribution in [0.5, 0.6) is 0 Å². The molecule has 2 N–H and O–H groups in total. The second kappa shape index (κ2) is 6.06. The van der Waals surface area contributed by atoms with E-state index in [0.29, 0.717) is 0 Å². The van der Waals surface area contributed by atoms with Crippen molar-refractivity contribution in [3.63, 3.8) is 0 Å². The fourth-order valence-corrected chi connectivity index (χ4v) is 3.32. The molecule has 1 aromatic carbocycles. The van der Waals surface area contributed by atoms with Crippen molar-refractivity contribution in [3.05, 3.63) is 34.9 Å². The number of aryl methyl sites for hydroxylation is 2. The Morgan fingerprint density at radius 2 is 1.79 bits per heavy atom. The van der Waals surface area contributed by atoms with Crippen LogP contribution < -0.4 is 5.73 Å². The van der Waals surface area contributed by atoms with E-state index in [1.165, 1.54) is 36.2 Å². The molecule has 0 saturated carbocycles. The molecule has 1 aliphatic rings. The minimum atomic E-state index is 0.136. The van der Waals surface area contributed by atoms with Gasteiger partial charge in [-0.3, -0.25) is 0 Å². The minimum Gasteiger partial charge on any atom is -0.323 e. The average molecular weight is 260 g/mol.